The number of hydrogen-bond acceptors (Lipinski definition) is 6. The van der Waals surface area contributed by atoms with Crippen LogP contribution in [0.4, 0.5) is 4.79 Å². The van der Waals surface area contributed by atoms with Crippen LogP contribution in [0.2, 0.25) is 0 Å². The van der Waals surface area contributed by atoms with Crippen LogP contribution in [0.3, 0.4) is 0 Å². The summed E-state index contributed by atoms with van der Waals surface area (Å²) in [5.41, 5.74) is 3.01. The molecule has 5 rings (SSSR count). The van der Waals surface area contributed by atoms with Crippen LogP contribution in [0.15, 0.2) is 89.8 Å². The van der Waals surface area contributed by atoms with Crippen LogP contribution in [0.5, 0.6) is 11.5 Å². The monoisotopic (exact) mass is 523 g/mol. The maximum atomic E-state index is 13.1. The lowest BCUT2D eigenvalue weighted by Crippen LogP contribution is -2.27. The van der Waals surface area contributed by atoms with Crippen molar-refractivity contribution in [3.63, 3.8) is 0 Å². The molecule has 1 heterocycles. The van der Waals surface area contributed by atoms with Gasteiger partial charge in [-0.3, -0.25) is 14.5 Å². The van der Waals surface area contributed by atoms with E-state index in [4.69, 9.17) is 9.47 Å². The first-order valence-corrected chi connectivity index (χ1v) is 13.0. The summed E-state index contributed by atoms with van der Waals surface area (Å²) in [4.78, 5) is 40.0. The second kappa shape index (κ2) is 10.9. The number of thioether (sulfide) groups is 1. The van der Waals surface area contributed by atoms with Crippen LogP contribution in [-0.4, -0.2) is 28.6 Å². The van der Waals surface area contributed by atoms with Crippen molar-refractivity contribution >= 4 is 45.7 Å². The number of nitrogens with zero attached hydrogens (tertiary/aromatic N) is 1. The van der Waals surface area contributed by atoms with Gasteiger partial charge in [0.15, 0.2) is 11.5 Å². The summed E-state index contributed by atoms with van der Waals surface area (Å²) in [6.07, 6.45) is 1.65. The number of fused-ring (bicyclic) bond motifs is 1. The summed E-state index contributed by atoms with van der Waals surface area (Å²) in [6.45, 7) is 4.33. The van der Waals surface area contributed by atoms with Gasteiger partial charge in [-0.1, -0.05) is 60.2 Å². The van der Waals surface area contributed by atoms with Crippen LogP contribution in [0.25, 0.3) is 16.8 Å². The van der Waals surface area contributed by atoms with Crippen molar-refractivity contribution in [2.75, 3.05) is 6.61 Å². The Kier molecular flexibility index (Phi) is 7.29. The number of carbonyl (C=O) groups is 3. The van der Waals surface area contributed by atoms with Gasteiger partial charge < -0.3 is 9.47 Å². The van der Waals surface area contributed by atoms with Crippen LogP contribution in [0, 0.1) is 6.92 Å². The fraction of sp³-hybridized carbons (Fsp3) is 0.129. The number of aryl methyl sites for hydroxylation is 1. The minimum Gasteiger partial charge on any atom is -0.490 e. The zero-order valence-electron chi connectivity index (χ0n) is 21.0. The molecule has 1 aliphatic rings. The number of amides is 2. The van der Waals surface area contributed by atoms with Gasteiger partial charge in [0, 0.05) is 0 Å². The van der Waals surface area contributed by atoms with E-state index < -0.39 is 5.97 Å². The number of benzene rings is 4. The van der Waals surface area contributed by atoms with E-state index in [1.807, 2.05) is 68.4 Å². The number of imide groups is 1. The molecule has 6 nitrogen and oxygen atoms in total. The molecule has 0 saturated carbocycles. The van der Waals surface area contributed by atoms with Crippen molar-refractivity contribution in [1.82, 2.24) is 4.90 Å². The van der Waals surface area contributed by atoms with Gasteiger partial charge in [0.25, 0.3) is 11.1 Å². The number of esters is 1. The number of rotatable bonds is 7. The molecule has 190 valence electrons. The molecule has 0 unspecified atom stereocenters. The molecule has 4 aromatic carbocycles. The highest BCUT2D eigenvalue weighted by Crippen LogP contribution is 2.36. The fourth-order valence-corrected chi connectivity index (χ4v) is 4.96. The Morgan fingerprint density at radius 3 is 2.42 bits per heavy atom. The van der Waals surface area contributed by atoms with E-state index in [9.17, 15) is 14.4 Å². The van der Waals surface area contributed by atoms with Gasteiger partial charge in [0.05, 0.1) is 23.6 Å². The zero-order chi connectivity index (χ0) is 26.6. The molecule has 0 spiro atoms. The van der Waals surface area contributed by atoms with Crippen molar-refractivity contribution in [2.45, 2.75) is 20.4 Å². The van der Waals surface area contributed by atoms with Gasteiger partial charge in [-0.15, -0.1) is 0 Å². The smallest absolute Gasteiger partial charge is 0.343 e. The minimum absolute atomic E-state index is 0.199. The van der Waals surface area contributed by atoms with Gasteiger partial charge in [-0.25, -0.2) is 4.79 Å². The predicted molar refractivity (Wildman–Crippen MR) is 149 cm³/mol. The molecule has 4 aromatic rings. The third-order valence-electron chi connectivity index (χ3n) is 6.08. The molecule has 0 radical (unpaired) electrons. The topological polar surface area (TPSA) is 72.9 Å². The molecule has 2 amide bonds. The third-order valence-corrected chi connectivity index (χ3v) is 6.99. The summed E-state index contributed by atoms with van der Waals surface area (Å²) in [5, 5.41) is 1.84. The van der Waals surface area contributed by atoms with Crippen molar-refractivity contribution in [1.29, 1.82) is 0 Å². The van der Waals surface area contributed by atoms with E-state index in [2.05, 4.69) is 0 Å². The second-order valence-electron chi connectivity index (χ2n) is 8.84. The summed E-state index contributed by atoms with van der Waals surface area (Å²) in [6, 6.07) is 26.0. The normalized spacial score (nSPS) is 14.4. The lowest BCUT2D eigenvalue weighted by Gasteiger charge is -2.13. The molecule has 0 N–H and O–H groups in total. The summed E-state index contributed by atoms with van der Waals surface area (Å²) >= 11 is 0.904. The third kappa shape index (κ3) is 5.48. The largest absolute Gasteiger partial charge is 0.490 e. The molecule has 38 heavy (non-hydrogen) atoms. The minimum atomic E-state index is -0.492. The van der Waals surface area contributed by atoms with Crippen LogP contribution in [-0.2, 0) is 11.3 Å². The molecular formula is C31H25NO5S. The van der Waals surface area contributed by atoms with Gasteiger partial charge in [0.2, 0.25) is 0 Å². The van der Waals surface area contributed by atoms with E-state index >= 15 is 0 Å². The Morgan fingerprint density at radius 1 is 0.895 bits per heavy atom. The van der Waals surface area contributed by atoms with Crippen molar-refractivity contribution in [3.05, 3.63) is 112 Å². The maximum Gasteiger partial charge on any atom is 0.343 e. The Hall–Kier alpha value is -4.36. The number of hydrogen-bond donors (Lipinski definition) is 0. The fourth-order valence-electron chi connectivity index (χ4n) is 4.12. The van der Waals surface area contributed by atoms with E-state index in [-0.39, 0.29) is 23.4 Å². The van der Waals surface area contributed by atoms with E-state index in [1.54, 1.807) is 36.4 Å². The van der Waals surface area contributed by atoms with Crippen molar-refractivity contribution in [2.24, 2.45) is 0 Å². The first-order chi connectivity index (χ1) is 18.4. The average molecular weight is 524 g/mol. The predicted octanol–water partition coefficient (Wildman–Crippen LogP) is 7.00. The molecule has 1 saturated heterocycles. The van der Waals surface area contributed by atoms with Gasteiger partial charge in [-0.05, 0) is 83.9 Å². The van der Waals surface area contributed by atoms with Crippen molar-refractivity contribution in [3.8, 4) is 11.5 Å². The summed E-state index contributed by atoms with van der Waals surface area (Å²) < 4.78 is 11.3. The number of ether oxygens (including phenoxy) is 2. The van der Waals surface area contributed by atoms with E-state index in [0.717, 1.165) is 33.7 Å². The standard InChI is InChI=1S/C31H25NO5S/c1-3-36-27-17-21(11-15-26(27)37-30(34)24-12-8-20(2)9-13-24)18-28-29(33)32(31(35)38-28)19-22-10-14-23-6-4-5-7-25(23)16-22/h4-18H,3,19H2,1-2H3/b28-18-. The van der Waals surface area contributed by atoms with Crippen LogP contribution >= 0.6 is 11.8 Å². The molecular weight excluding hydrogens is 498 g/mol. The maximum absolute atomic E-state index is 13.1. The molecule has 1 fully saturated rings. The highest BCUT2D eigenvalue weighted by Gasteiger charge is 2.35. The summed E-state index contributed by atoms with van der Waals surface area (Å²) in [5.74, 6) is -0.189. The van der Waals surface area contributed by atoms with Crippen molar-refractivity contribution < 1.29 is 23.9 Å². The summed E-state index contributed by atoms with van der Waals surface area (Å²) in [7, 11) is 0. The van der Waals surface area contributed by atoms with E-state index in [1.165, 1.54) is 4.90 Å². The molecule has 0 bridgehead atoms. The highest BCUT2D eigenvalue weighted by molar-refractivity contribution is 8.18. The first-order valence-electron chi connectivity index (χ1n) is 12.2. The Bertz CT molecular complexity index is 1580. The Labute approximate surface area is 224 Å². The molecule has 0 aliphatic carbocycles. The SMILES string of the molecule is CCOc1cc(/C=C2\SC(=O)N(Cc3ccc4ccccc4c3)C2=O)ccc1OC(=O)c1ccc(C)cc1. The van der Waals surface area contributed by atoms with Crippen LogP contribution < -0.4 is 9.47 Å². The lowest BCUT2D eigenvalue weighted by molar-refractivity contribution is -0.123. The highest BCUT2D eigenvalue weighted by atomic mass is 32.2. The van der Waals surface area contributed by atoms with Gasteiger partial charge in [-0.2, -0.15) is 0 Å². The number of carbonyl (C=O) groups excluding carboxylic acids is 3. The average Bonchev–Trinajstić information content (AvgIpc) is 3.17. The Balaban J connectivity index is 1.34. The van der Waals surface area contributed by atoms with Gasteiger partial charge >= 0.3 is 5.97 Å². The molecule has 0 atom stereocenters. The molecule has 0 aromatic heterocycles. The molecule has 7 heteroatoms. The van der Waals surface area contributed by atoms with Crippen LogP contribution in [0.1, 0.15) is 34.0 Å². The lowest BCUT2D eigenvalue weighted by atomic mass is 10.1. The Morgan fingerprint density at radius 2 is 1.66 bits per heavy atom. The zero-order valence-corrected chi connectivity index (χ0v) is 21.8. The molecule has 1 aliphatic heterocycles. The van der Waals surface area contributed by atoms with E-state index in [0.29, 0.717) is 28.4 Å². The quantitative estimate of drug-likeness (QED) is 0.147. The van der Waals surface area contributed by atoms with Gasteiger partial charge in [0.1, 0.15) is 0 Å². The second-order valence-corrected chi connectivity index (χ2v) is 9.84. The first kappa shape index (κ1) is 25.3.